The molecule has 2 heterocycles. The highest BCUT2D eigenvalue weighted by Gasteiger charge is 2.51. The topological polar surface area (TPSA) is 132 Å². The van der Waals surface area contributed by atoms with Crippen molar-refractivity contribution >= 4 is 46.7 Å². The number of esters is 3. The maximum atomic E-state index is 11.6. The van der Waals surface area contributed by atoms with Crippen LogP contribution in [0.15, 0.2) is 6.33 Å². The van der Waals surface area contributed by atoms with Crippen molar-refractivity contribution in [2.45, 2.75) is 45.3 Å². The molecule has 12 heteroatoms. The molecular weight excluding hydrogens is 402 g/mol. The Hall–Kier alpha value is -2.24. The van der Waals surface area contributed by atoms with Crippen LogP contribution in [0, 0.1) is 0 Å². The predicted octanol–water partition coefficient (Wildman–Crippen LogP) is 0.495. The van der Waals surface area contributed by atoms with Crippen LogP contribution in [0.3, 0.4) is 0 Å². The lowest BCUT2D eigenvalue weighted by molar-refractivity contribution is -0.166. The van der Waals surface area contributed by atoms with Crippen LogP contribution >= 0.6 is 23.8 Å². The summed E-state index contributed by atoms with van der Waals surface area (Å²) in [7, 11) is 0. The molecule has 1 aliphatic heterocycles. The molecule has 2 rings (SSSR count). The molecule has 0 aliphatic carbocycles. The van der Waals surface area contributed by atoms with Crippen molar-refractivity contribution < 1.29 is 33.3 Å². The van der Waals surface area contributed by atoms with E-state index in [0.717, 1.165) is 0 Å². The summed E-state index contributed by atoms with van der Waals surface area (Å²) >= 11 is 11.1. The quantitative estimate of drug-likeness (QED) is 0.394. The van der Waals surface area contributed by atoms with Crippen molar-refractivity contribution in [3.8, 4) is 0 Å². The van der Waals surface area contributed by atoms with E-state index in [2.05, 4.69) is 4.98 Å². The lowest BCUT2D eigenvalue weighted by Crippen LogP contribution is -2.40. The number of halogens is 1. The fourth-order valence-electron chi connectivity index (χ4n) is 2.61. The summed E-state index contributed by atoms with van der Waals surface area (Å²) < 4.78 is 22.7. The van der Waals surface area contributed by atoms with E-state index >= 15 is 0 Å². The lowest BCUT2D eigenvalue weighted by Gasteiger charge is -2.23. The van der Waals surface area contributed by atoms with Gasteiger partial charge in [-0.2, -0.15) is 0 Å². The minimum Gasteiger partial charge on any atom is -0.463 e. The van der Waals surface area contributed by atoms with Gasteiger partial charge in [-0.1, -0.05) is 23.8 Å². The molecule has 1 aliphatic rings. The summed E-state index contributed by atoms with van der Waals surface area (Å²) in [6, 6.07) is 0. The van der Waals surface area contributed by atoms with Gasteiger partial charge in [0, 0.05) is 20.8 Å². The number of carbonyl (C=O) groups is 3. The Morgan fingerprint density at radius 3 is 2.30 bits per heavy atom. The number of thiocarbonyl (C=S) groups is 1. The minimum atomic E-state index is -1.07. The zero-order valence-electron chi connectivity index (χ0n) is 14.7. The van der Waals surface area contributed by atoms with Gasteiger partial charge in [0.2, 0.25) is 0 Å². The summed E-state index contributed by atoms with van der Waals surface area (Å²) in [5, 5.41) is 0.0550. The van der Waals surface area contributed by atoms with Gasteiger partial charge in [-0.05, 0) is 0 Å². The van der Waals surface area contributed by atoms with Crippen LogP contribution in [0.1, 0.15) is 32.7 Å². The Labute approximate surface area is 164 Å². The molecule has 0 amide bonds. The average molecular weight is 420 g/mol. The number of rotatable bonds is 6. The van der Waals surface area contributed by atoms with Crippen LogP contribution in [0.25, 0.3) is 0 Å². The third kappa shape index (κ3) is 4.93. The highest BCUT2D eigenvalue weighted by molar-refractivity contribution is 7.80. The summed E-state index contributed by atoms with van der Waals surface area (Å²) in [6.07, 6.45) is -2.72. The molecule has 1 aromatic rings. The van der Waals surface area contributed by atoms with Crippen LogP contribution in [-0.2, 0) is 33.3 Å². The number of aromatic nitrogens is 2. The van der Waals surface area contributed by atoms with Gasteiger partial charge in [0.25, 0.3) is 0 Å². The standard InChI is InChI=1S/C15H18ClN3O7S/c1-6(20)23-4-9-11(24-7(2)21)12(25-8(3)22)15(26-9)19-5-18-10(13(19)16)14(17)27/h5,9,11-12,15H,4H2,1-3H3,(H2,17,27)/t9-,11-,12-,15-/m1/s1. The molecule has 4 atom stereocenters. The molecule has 148 valence electrons. The highest BCUT2D eigenvalue weighted by Crippen LogP contribution is 2.36. The minimum absolute atomic E-state index is 0.0335. The van der Waals surface area contributed by atoms with E-state index in [1.807, 2.05) is 0 Å². The molecule has 1 aromatic heterocycles. The molecule has 1 fully saturated rings. The maximum Gasteiger partial charge on any atom is 0.303 e. The molecule has 10 nitrogen and oxygen atoms in total. The van der Waals surface area contributed by atoms with E-state index in [-0.39, 0.29) is 22.4 Å². The zero-order chi connectivity index (χ0) is 20.3. The zero-order valence-corrected chi connectivity index (χ0v) is 16.3. The van der Waals surface area contributed by atoms with Crippen LogP contribution in [0.2, 0.25) is 5.15 Å². The van der Waals surface area contributed by atoms with Crippen molar-refractivity contribution in [2.75, 3.05) is 6.61 Å². The molecule has 0 aromatic carbocycles. The van der Waals surface area contributed by atoms with Crippen LogP contribution in [0.5, 0.6) is 0 Å². The normalized spacial score (nSPS) is 24.3. The van der Waals surface area contributed by atoms with Crippen LogP contribution in [0.4, 0.5) is 0 Å². The van der Waals surface area contributed by atoms with E-state index in [0.29, 0.717) is 0 Å². The van der Waals surface area contributed by atoms with Gasteiger partial charge in [-0.15, -0.1) is 0 Å². The Bertz CT molecular complexity index is 769. The Kier molecular flexibility index (Phi) is 6.73. The Morgan fingerprint density at radius 1 is 1.22 bits per heavy atom. The van der Waals surface area contributed by atoms with Crippen molar-refractivity contribution in [3.05, 3.63) is 17.2 Å². The van der Waals surface area contributed by atoms with Gasteiger partial charge < -0.3 is 24.7 Å². The maximum absolute atomic E-state index is 11.6. The van der Waals surface area contributed by atoms with E-state index in [4.69, 9.17) is 48.5 Å². The van der Waals surface area contributed by atoms with Crippen molar-refractivity contribution in [1.29, 1.82) is 0 Å². The molecule has 0 spiro atoms. The first-order valence-electron chi connectivity index (χ1n) is 7.77. The highest BCUT2D eigenvalue weighted by atomic mass is 35.5. The number of carbonyl (C=O) groups excluding carboxylic acids is 3. The smallest absolute Gasteiger partial charge is 0.303 e. The van der Waals surface area contributed by atoms with Gasteiger partial charge in [0.05, 0.1) is 6.33 Å². The van der Waals surface area contributed by atoms with Crippen molar-refractivity contribution in [1.82, 2.24) is 9.55 Å². The fraction of sp³-hybridized carbons (Fsp3) is 0.533. The first-order valence-corrected chi connectivity index (χ1v) is 8.55. The van der Waals surface area contributed by atoms with Gasteiger partial charge in [-0.25, -0.2) is 4.98 Å². The number of hydrogen-bond acceptors (Lipinski definition) is 9. The van der Waals surface area contributed by atoms with E-state index < -0.39 is 42.4 Å². The number of hydrogen-bond donors (Lipinski definition) is 1. The van der Waals surface area contributed by atoms with E-state index in [1.165, 1.54) is 31.7 Å². The summed E-state index contributed by atoms with van der Waals surface area (Å²) in [6.45, 7) is 3.38. The largest absolute Gasteiger partial charge is 0.463 e. The summed E-state index contributed by atoms with van der Waals surface area (Å²) in [5.74, 6) is -1.82. The molecule has 0 saturated carbocycles. The Balaban J connectivity index is 2.41. The number of imidazole rings is 1. The predicted molar refractivity (Wildman–Crippen MR) is 94.8 cm³/mol. The number of ether oxygens (including phenoxy) is 4. The molecular formula is C15H18ClN3O7S. The third-order valence-electron chi connectivity index (χ3n) is 3.58. The molecule has 0 unspecified atom stereocenters. The number of nitrogens with zero attached hydrogens (tertiary/aromatic N) is 2. The van der Waals surface area contributed by atoms with Crippen LogP contribution < -0.4 is 5.73 Å². The molecule has 27 heavy (non-hydrogen) atoms. The second kappa shape index (κ2) is 8.63. The second-order valence-corrected chi connectivity index (χ2v) is 6.47. The van der Waals surface area contributed by atoms with Gasteiger partial charge in [0.1, 0.15) is 28.5 Å². The second-order valence-electron chi connectivity index (χ2n) is 5.67. The van der Waals surface area contributed by atoms with Crippen molar-refractivity contribution in [2.24, 2.45) is 5.73 Å². The molecule has 2 N–H and O–H groups in total. The molecule has 1 saturated heterocycles. The molecule has 0 radical (unpaired) electrons. The van der Waals surface area contributed by atoms with E-state index in [9.17, 15) is 14.4 Å². The fourth-order valence-corrected chi connectivity index (χ4v) is 3.10. The van der Waals surface area contributed by atoms with Gasteiger partial charge >= 0.3 is 17.9 Å². The monoisotopic (exact) mass is 419 g/mol. The SMILES string of the molecule is CC(=O)OC[C@H]1O[C@@H](n2cnc(C(N)=S)c2Cl)[C@H](OC(C)=O)[C@@H]1OC(C)=O. The van der Waals surface area contributed by atoms with E-state index in [1.54, 1.807) is 0 Å². The Morgan fingerprint density at radius 2 is 1.81 bits per heavy atom. The van der Waals surface area contributed by atoms with Gasteiger partial charge in [0.15, 0.2) is 18.4 Å². The third-order valence-corrected chi connectivity index (χ3v) is 4.15. The summed E-state index contributed by atoms with van der Waals surface area (Å²) in [4.78, 5) is 38.2. The van der Waals surface area contributed by atoms with Gasteiger partial charge in [-0.3, -0.25) is 19.0 Å². The number of nitrogens with two attached hydrogens (primary N) is 1. The summed E-state index contributed by atoms with van der Waals surface area (Å²) in [5.41, 5.74) is 5.72. The molecule has 0 bridgehead atoms. The first kappa shape index (κ1) is 21.1. The van der Waals surface area contributed by atoms with Crippen LogP contribution in [-0.4, -0.2) is 57.4 Å². The lowest BCUT2D eigenvalue weighted by atomic mass is 10.1. The average Bonchev–Trinajstić information content (AvgIpc) is 3.06. The first-order chi connectivity index (χ1) is 12.6. The van der Waals surface area contributed by atoms with Crippen molar-refractivity contribution in [3.63, 3.8) is 0 Å².